The molecule has 16 heavy (non-hydrogen) atoms. The number of anilines is 2. The molecule has 1 aliphatic carbocycles. The molecule has 0 amide bonds. The summed E-state index contributed by atoms with van der Waals surface area (Å²) in [6.45, 7) is 2.31. The molecule has 4 nitrogen and oxygen atoms in total. The van der Waals surface area contributed by atoms with E-state index in [0.29, 0.717) is 17.8 Å². The summed E-state index contributed by atoms with van der Waals surface area (Å²) >= 11 is 0. The molecule has 88 valence electrons. The van der Waals surface area contributed by atoms with Crippen LogP contribution >= 0.6 is 0 Å². The van der Waals surface area contributed by atoms with Crippen LogP contribution < -0.4 is 10.6 Å². The van der Waals surface area contributed by atoms with Gasteiger partial charge in [-0.1, -0.05) is 19.8 Å². The number of nitrogen functional groups attached to an aromatic ring is 1. The lowest BCUT2D eigenvalue weighted by Crippen LogP contribution is -2.39. The Hall–Kier alpha value is -1.32. The number of rotatable bonds is 2. The fraction of sp³-hybridized carbons (Fsp3) is 0.667. The summed E-state index contributed by atoms with van der Waals surface area (Å²) in [5.41, 5.74) is 5.86. The van der Waals surface area contributed by atoms with E-state index in [9.17, 15) is 0 Å². The number of nitrogens with two attached hydrogens (primary N) is 1. The molecule has 1 aromatic rings. The number of aromatic nitrogens is 2. The molecule has 1 aliphatic rings. The summed E-state index contributed by atoms with van der Waals surface area (Å²) in [6.07, 6.45) is 8.52. The standard InChI is InChI=1S/C12H20N4/c1-9-5-3-4-6-10(9)16(2)12-11(13)14-7-8-15-12/h7-10H,3-6H2,1-2H3,(H2,13,14). The molecular formula is C12H20N4. The molecular weight excluding hydrogens is 200 g/mol. The van der Waals surface area contributed by atoms with E-state index < -0.39 is 0 Å². The van der Waals surface area contributed by atoms with Crippen LogP contribution in [0.15, 0.2) is 12.4 Å². The fourth-order valence-corrected chi connectivity index (χ4v) is 2.64. The van der Waals surface area contributed by atoms with Crippen molar-refractivity contribution in [2.24, 2.45) is 5.92 Å². The lowest BCUT2D eigenvalue weighted by molar-refractivity contribution is 0.320. The van der Waals surface area contributed by atoms with Gasteiger partial charge in [0.15, 0.2) is 11.6 Å². The molecule has 1 fully saturated rings. The van der Waals surface area contributed by atoms with Gasteiger partial charge in [0.2, 0.25) is 0 Å². The second kappa shape index (κ2) is 4.68. The molecule has 1 saturated carbocycles. The summed E-state index contributed by atoms with van der Waals surface area (Å²) in [6, 6.07) is 0.549. The van der Waals surface area contributed by atoms with Crippen molar-refractivity contribution in [2.75, 3.05) is 17.7 Å². The van der Waals surface area contributed by atoms with Crippen LogP contribution in [0.5, 0.6) is 0 Å². The largest absolute Gasteiger partial charge is 0.381 e. The highest BCUT2D eigenvalue weighted by atomic mass is 15.2. The van der Waals surface area contributed by atoms with Crippen molar-refractivity contribution in [2.45, 2.75) is 38.6 Å². The Balaban J connectivity index is 2.17. The van der Waals surface area contributed by atoms with E-state index in [1.807, 2.05) is 0 Å². The topological polar surface area (TPSA) is 55.0 Å². The smallest absolute Gasteiger partial charge is 0.171 e. The molecule has 0 spiro atoms. The first-order chi connectivity index (χ1) is 7.70. The summed E-state index contributed by atoms with van der Waals surface area (Å²) in [7, 11) is 2.08. The van der Waals surface area contributed by atoms with E-state index in [1.165, 1.54) is 25.7 Å². The molecule has 2 rings (SSSR count). The minimum Gasteiger partial charge on any atom is -0.381 e. The van der Waals surface area contributed by atoms with E-state index in [1.54, 1.807) is 12.4 Å². The first kappa shape index (κ1) is 11.2. The minimum atomic E-state index is 0.530. The zero-order chi connectivity index (χ0) is 11.5. The predicted molar refractivity (Wildman–Crippen MR) is 66.3 cm³/mol. The average molecular weight is 220 g/mol. The maximum atomic E-state index is 5.86. The average Bonchev–Trinajstić information content (AvgIpc) is 2.29. The molecule has 1 heterocycles. The first-order valence-corrected chi connectivity index (χ1v) is 5.99. The molecule has 4 heteroatoms. The van der Waals surface area contributed by atoms with Crippen LogP contribution in [-0.4, -0.2) is 23.1 Å². The zero-order valence-corrected chi connectivity index (χ0v) is 10.1. The van der Waals surface area contributed by atoms with Crippen molar-refractivity contribution in [1.29, 1.82) is 0 Å². The van der Waals surface area contributed by atoms with Gasteiger partial charge >= 0.3 is 0 Å². The molecule has 1 aromatic heterocycles. The Morgan fingerprint density at radius 1 is 1.25 bits per heavy atom. The third-order valence-electron chi connectivity index (χ3n) is 3.60. The number of hydrogen-bond acceptors (Lipinski definition) is 4. The van der Waals surface area contributed by atoms with Gasteiger partial charge in [0.1, 0.15) is 0 Å². The van der Waals surface area contributed by atoms with Gasteiger partial charge in [-0.15, -0.1) is 0 Å². The Morgan fingerprint density at radius 2 is 1.94 bits per heavy atom. The van der Waals surface area contributed by atoms with Crippen LogP contribution in [0.4, 0.5) is 11.6 Å². The van der Waals surface area contributed by atoms with E-state index in [2.05, 4.69) is 28.8 Å². The maximum absolute atomic E-state index is 5.86. The van der Waals surface area contributed by atoms with Gasteiger partial charge in [-0.25, -0.2) is 9.97 Å². The highest BCUT2D eigenvalue weighted by Gasteiger charge is 2.26. The van der Waals surface area contributed by atoms with Crippen molar-refractivity contribution in [1.82, 2.24) is 9.97 Å². The minimum absolute atomic E-state index is 0.530. The summed E-state index contributed by atoms with van der Waals surface area (Å²) in [5, 5.41) is 0. The van der Waals surface area contributed by atoms with Gasteiger partial charge in [-0.05, 0) is 18.8 Å². The molecule has 0 aromatic carbocycles. The third-order valence-corrected chi connectivity index (χ3v) is 3.60. The van der Waals surface area contributed by atoms with Crippen molar-refractivity contribution in [3.63, 3.8) is 0 Å². The third kappa shape index (κ3) is 2.10. The summed E-state index contributed by atoms with van der Waals surface area (Å²) < 4.78 is 0. The van der Waals surface area contributed by atoms with Gasteiger partial charge in [0, 0.05) is 25.5 Å². The van der Waals surface area contributed by atoms with Crippen molar-refractivity contribution in [3.8, 4) is 0 Å². The zero-order valence-electron chi connectivity index (χ0n) is 10.1. The van der Waals surface area contributed by atoms with Crippen LogP contribution in [0, 0.1) is 5.92 Å². The van der Waals surface area contributed by atoms with Crippen molar-refractivity contribution in [3.05, 3.63) is 12.4 Å². The molecule has 2 unspecified atom stereocenters. The molecule has 2 atom stereocenters. The Bertz CT molecular complexity index is 353. The highest BCUT2D eigenvalue weighted by molar-refractivity contribution is 5.57. The molecule has 0 aliphatic heterocycles. The van der Waals surface area contributed by atoms with Gasteiger partial charge in [0.05, 0.1) is 0 Å². The second-order valence-corrected chi connectivity index (χ2v) is 4.71. The second-order valence-electron chi connectivity index (χ2n) is 4.71. The van der Waals surface area contributed by atoms with E-state index in [4.69, 9.17) is 5.73 Å². The number of nitrogens with zero attached hydrogens (tertiary/aromatic N) is 3. The quantitative estimate of drug-likeness (QED) is 0.829. The Morgan fingerprint density at radius 3 is 2.62 bits per heavy atom. The molecule has 0 bridgehead atoms. The Kier molecular flexibility index (Phi) is 3.27. The molecule has 2 N–H and O–H groups in total. The summed E-state index contributed by atoms with van der Waals surface area (Å²) in [5.74, 6) is 2.06. The molecule has 0 radical (unpaired) electrons. The first-order valence-electron chi connectivity index (χ1n) is 5.99. The monoisotopic (exact) mass is 220 g/mol. The molecule has 0 saturated heterocycles. The normalized spacial score (nSPS) is 25.4. The SMILES string of the molecule is CC1CCCCC1N(C)c1nccnc1N. The van der Waals surface area contributed by atoms with Crippen LogP contribution in [-0.2, 0) is 0 Å². The van der Waals surface area contributed by atoms with Crippen LogP contribution in [0.1, 0.15) is 32.6 Å². The van der Waals surface area contributed by atoms with E-state index >= 15 is 0 Å². The van der Waals surface area contributed by atoms with Gasteiger partial charge < -0.3 is 10.6 Å². The van der Waals surface area contributed by atoms with Gasteiger partial charge in [0.25, 0.3) is 0 Å². The number of hydrogen-bond donors (Lipinski definition) is 1. The predicted octanol–water partition coefficient (Wildman–Crippen LogP) is 2.07. The van der Waals surface area contributed by atoms with Gasteiger partial charge in [-0.2, -0.15) is 0 Å². The fourth-order valence-electron chi connectivity index (χ4n) is 2.64. The van der Waals surface area contributed by atoms with E-state index in [-0.39, 0.29) is 0 Å². The van der Waals surface area contributed by atoms with Crippen LogP contribution in [0.3, 0.4) is 0 Å². The summed E-state index contributed by atoms with van der Waals surface area (Å²) in [4.78, 5) is 10.6. The van der Waals surface area contributed by atoms with E-state index in [0.717, 1.165) is 5.82 Å². The van der Waals surface area contributed by atoms with Gasteiger partial charge in [-0.3, -0.25) is 0 Å². The maximum Gasteiger partial charge on any atom is 0.171 e. The van der Waals surface area contributed by atoms with Crippen LogP contribution in [0.25, 0.3) is 0 Å². The highest BCUT2D eigenvalue weighted by Crippen LogP contribution is 2.30. The lowest BCUT2D eigenvalue weighted by Gasteiger charge is -2.37. The van der Waals surface area contributed by atoms with Crippen molar-refractivity contribution >= 4 is 11.6 Å². The Labute approximate surface area is 96.9 Å². The lowest BCUT2D eigenvalue weighted by atomic mass is 9.85. The van der Waals surface area contributed by atoms with Crippen molar-refractivity contribution < 1.29 is 0 Å². The van der Waals surface area contributed by atoms with Crippen LogP contribution in [0.2, 0.25) is 0 Å².